The van der Waals surface area contributed by atoms with Crippen LogP contribution >= 0.6 is 77.9 Å². The number of hydrogen-bond donors (Lipinski definition) is 0. The molecule has 0 aliphatic rings. The van der Waals surface area contributed by atoms with Gasteiger partial charge in [0.1, 0.15) is 11.0 Å². The normalized spacial score (nSPS) is 11.8. The molecule has 0 aliphatic carbocycles. The van der Waals surface area contributed by atoms with Crippen LogP contribution in [0.2, 0.25) is 5.02 Å². The van der Waals surface area contributed by atoms with Crippen molar-refractivity contribution < 1.29 is 0 Å². The monoisotopic (exact) mass is 826 g/mol. The maximum Gasteiger partial charge on any atom is 0.115 e. The van der Waals surface area contributed by atoms with Gasteiger partial charge in [0.2, 0.25) is 0 Å². The van der Waals surface area contributed by atoms with Gasteiger partial charge in [-0.1, -0.05) is 141 Å². The fraction of sp³-hybridized carbons (Fsp3) is 0.632. The van der Waals surface area contributed by atoms with Crippen molar-refractivity contribution in [2.75, 3.05) is 0 Å². The Morgan fingerprint density at radius 1 is 0.543 bits per heavy atom. The number of fused-ring (bicyclic) bond motifs is 1. The average Bonchev–Trinajstić information content (AvgIpc) is 3.77. The molecule has 8 heteroatoms. The molecule has 3 heterocycles. The number of aryl methyl sites for hydroxylation is 2. The Labute approximate surface area is 313 Å². The van der Waals surface area contributed by atoms with Gasteiger partial charge in [0.15, 0.2) is 0 Å². The highest BCUT2D eigenvalue weighted by Gasteiger charge is 2.21. The molecule has 254 valence electrons. The van der Waals surface area contributed by atoms with Crippen LogP contribution in [0, 0.1) is 0 Å². The van der Waals surface area contributed by atoms with Crippen LogP contribution in [-0.2, 0) is 12.8 Å². The predicted octanol–water partition coefficient (Wildman–Crippen LogP) is 16.3. The first-order chi connectivity index (χ1) is 22.5. The maximum absolute atomic E-state index is 7.07. The molecule has 46 heavy (non-hydrogen) atoms. The Balaban J connectivity index is 1.31. The molecule has 4 aromatic rings. The summed E-state index contributed by atoms with van der Waals surface area (Å²) < 4.78 is 12.0. The van der Waals surface area contributed by atoms with Gasteiger partial charge in [-0.2, -0.15) is 8.75 Å². The van der Waals surface area contributed by atoms with Crippen LogP contribution in [0.1, 0.15) is 153 Å². The van der Waals surface area contributed by atoms with Crippen molar-refractivity contribution in [2.24, 2.45) is 0 Å². The predicted molar refractivity (Wildman–Crippen MR) is 216 cm³/mol. The molecule has 3 aromatic heterocycles. The summed E-state index contributed by atoms with van der Waals surface area (Å²) in [5.41, 5.74) is 6.79. The summed E-state index contributed by atoms with van der Waals surface area (Å²) in [6.45, 7) is 4.57. The third-order valence-corrected chi connectivity index (χ3v) is 13.9. The Morgan fingerprint density at radius 2 is 0.957 bits per heavy atom. The summed E-state index contributed by atoms with van der Waals surface area (Å²) in [5.74, 6) is 0. The molecule has 0 radical (unpaired) electrons. The van der Waals surface area contributed by atoms with E-state index in [4.69, 9.17) is 20.3 Å². The van der Waals surface area contributed by atoms with Gasteiger partial charge in [-0.25, -0.2) is 0 Å². The summed E-state index contributed by atoms with van der Waals surface area (Å²) in [5, 5.41) is 0.759. The van der Waals surface area contributed by atoms with Gasteiger partial charge in [0.25, 0.3) is 0 Å². The first kappa shape index (κ1) is 38.5. The highest BCUT2D eigenvalue weighted by molar-refractivity contribution is 9.11. The Hall–Kier alpha value is -0.310. The van der Waals surface area contributed by atoms with E-state index in [1.165, 1.54) is 169 Å². The van der Waals surface area contributed by atoms with E-state index in [0.717, 1.165) is 40.0 Å². The number of halogens is 3. The summed E-state index contributed by atoms with van der Waals surface area (Å²) in [6, 6.07) is 6.80. The topological polar surface area (TPSA) is 25.8 Å². The van der Waals surface area contributed by atoms with E-state index < -0.39 is 0 Å². The van der Waals surface area contributed by atoms with E-state index in [1.807, 2.05) is 0 Å². The number of unbranched alkanes of at least 4 members (excludes halogenated alkanes) is 18. The molecule has 4 rings (SSSR count). The third-order valence-electron chi connectivity index (χ3n) is 9.12. The van der Waals surface area contributed by atoms with Crippen molar-refractivity contribution >= 4 is 88.9 Å². The lowest BCUT2D eigenvalue weighted by atomic mass is 10.0. The second kappa shape index (κ2) is 21.7. The highest BCUT2D eigenvalue weighted by atomic mass is 79.9. The lowest BCUT2D eigenvalue weighted by Gasteiger charge is -2.07. The molecule has 0 saturated heterocycles. The van der Waals surface area contributed by atoms with Gasteiger partial charge in [-0.3, -0.25) is 0 Å². The minimum atomic E-state index is 0.759. The second-order valence-corrected chi connectivity index (χ2v) is 18.6. The van der Waals surface area contributed by atoms with Crippen molar-refractivity contribution in [3.63, 3.8) is 0 Å². The molecule has 0 atom stereocenters. The number of benzene rings is 1. The molecule has 0 aliphatic heterocycles. The number of aromatic nitrogens is 2. The van der Waals surface area contributed by atoms with Gasteiger partial charge in [0, 0.05) is 20.9 Å². The number of thiophene rings is 2. The number of hydrogen-bond acceptors (Lipinski definition) is 5. The molecule has 0 saturated carbocycles. The molecule has 1 aromatic carbocycles. The third kappa shape index (κ3) is 11.9. The van der Waals surface area contributed by atoms with E-state index in [-0.39, 0.29) is 0 Å². The van der Waals surface area contributed by atoms with Crippen LogP contribution < -0.4 is 0 Å². The van der Waals surface area contributed by atoms with Crippen LogP contribution in [0.15, 0.2) is 25.8 Å². The number of nitrogens with zero attached hydrogens (tertiary/aromatic N) is 2. The van der Waals surface area contributed by atoms with Gasteiger partial charge in [-0.15, -0.1) is 22.7 Å². The maximum atomic E-state index is 7.07. The summed E-state index contributed by atoms with van der Waals surface area (Å²) in [6.07, 6.45) is 29.5. The van der Waals surface area contributed by atoms with Crippen molar-refractivity contribution in [1.29, 1.82) is 0 Å². The lowest BCUT2D eigenvalue weighted by Crippen LogP contribution is -1.87. The van der Waals surface area contributed by atoms with Crippen LogP contribution in [0.25, 0.3) is 31.9 Å². The van der Waals surface area contributed by atoms with Gasteiger partial charge in [0.05, 0.1) is 24.3 Å². The first-order valence-electron chi connectivity index (χ1n) is 18.0. The molecule has 0 amide bonds. The number of rotatable bonds is 24. The summed E-state index contributed by atoms with van der Waals surface area (Å²) >= 11 is 19.7. The van der Waals surface area contributed by atoms with Gasteiger partial charge >= 0.3 is 0 Å². The highest BCUT2D eigenvalue weighted by Crippen LogP contribution is 2.46. The van der Waals surface area contributed by atoms with E-state index >= 15 is 0 Å². The molecular weight excluding hydrogens is 776 g/mol. The minimum Gasteiger partial charge on any atom is -0.172 e. The Kier molecular flexibility index (Phi) is 18.2. The van der Waals surface area contributed by atoms with Crippen LogP contribution in [0.4, 0.5) is 0 Å². The fourth-order valence-electron chi connectivity index (χ4n) is 6.35. The molecule has 2 nitrogen and oxygen atoms in total. The van der Waals surface area contributed by atoms with Crippen LogP contribution in [0.5, 0.6) is 0 Å². The second-order valence-electron chi connectivity index (χ2n) is 12.9. The molecule has 0 fully saturated rings. The first-order valence-corrected chi connectivity index (χ1v) is 22.4. The average molecular weight is 829 g/mol. The molecule has 0 unspecified atom stereocenters. The molecule has 0 bridgehead atoms. The smallest absolute Gasteiger partial charge is 0.115 e. The van der Waals surface area contributed by atoms with Crippen molar-refractivity contribution in [3.05, 3.63) is 41.9 Å². The van der Waals surface area contributed by atoms with E-state index in [2.05, 4.69) is 63.9 Å². The van der Waals surface area contributed by atoms with E-state index in [0.29, 0.717) is 0 Å². The summed E-state index contributed by atoms with van der Waals surface area (Å²) in [4.78, 5) is 2.39. The van der Waals surface area contributed by atoms with Crippen molar-refractivity contribution in [1.82, 2.24) is 8.75 Å². The zero-order chi connectivity index (χ0) is 32.6. The van der Waals surface area contributed by atoms with Crippen molar-refractivity contribution in [2.45, 2.75) is 155 Å². The van der Waals surface area contributed by atoms with E-state index in [1.54, 1.807) is 22.7 Å². The van der Waals surface area contributed by atoms with Crippen LogP contribution in [-0.4, -0.2) is 8.75 Å². The Bertz CT molecular complexity index is 1440. The standard InChI is InChI=1S/C38H53Br2ClN2S3/c1-3-5-7-9-11-13-15-17-19-21-23-28-25-32(44-37(28)39)30-27-31(41)34(36-35(30)42-46-43-36)33-26-29(38(40)45-33)24-22-20-18-16-14-12-10-8-6-4-2/h25-27H,3-24H2,1-2H3. The largest absolute Gasteiger partial charge is 0.172 e. The van der Waals surface area contributed by atoms with Gasteiger partial charge < -0.3 is 0 Å². The molecular formula is C38H53Br2ClN2S3. The summed E-state index contributed by atoms with van der Waals surface area (Å²) in [7, 11) is 0. The SMILES string of the molecule is CCCCCCCCCCCCc1cc(-c2cc(Cl)c(-c3cc(CCCCCCCCCCCC)c(Br)s3)c3nsnc23)sc1Br. The zero-order valence-corrected chi connectivity index (χ0v) is 34.4. The molecule has 0 N–H and O–H groups in total. The van der Waals surface area contributed by atoms with Crippen LogP contribution in [0.3, 0.4) is 0 Å². The Morgan fingerprint density at radius 3 is 1.46 bits per heavy atom. The lowest BCUT2D eigenvalue weighted by molar-refractivity contribution is 0.556. The quantitative estimate of drug-likeness (QED) is 0.0658. The van der Waals surface area contributed by atoms with E-state index in [9.17, 15) is 0 Å². The van der Waals surface area contributed by atoms with Crippen molar-refractivity contribution in [3.8, 4) is 20.9 Å². The molecule has 0 spiro atoms. The zero-order valence-electron chi connectivity index (χ0n) is 28.0. The minimum absolute atomic E-state index is 0.759. The van der Waals surface area contributed by atoms with Gasteiger partial charge in [-0.05, 0) is 86.9 Å². The fourth-order valence-corrected chi connectivity index (χ4v) is 10.9.